The molecule has 2 heterocycles. The Balaban J connectivity index is 1.85. The minimum Gasteiger partial charge on any atom is -0.462 e. The van der Waals surface area contributed by atoms with Crippen LogP contribution in [0.3, 0.4) is 0 Å². The van der Waals surface area contributed by atoms with E-state index in [1.54, 1.807) is 25.1 Å². The standard InChI is InChI=1S/C15H16O7/c1-7-4-8-2-3-9(5-11(8)22-14(7)19)21-15-13(18)12(17)10(16)6-20-15/h2-5,10,12-13,15-18H,6H2,1H3/t10-,12-,13+,15-/m0/s1. The number of aryl methyl sites for hydroxylation is 1. The maximum absolute atomic E-state index is 11.5. The lowest BCUT2D eigenvalue weighted by atomic mass is 10.1. The van der Waals surface area contributed by atoms with Gasteiger partial charge in [-0.25, -0.2) is 4.79 Å². The van der Waals surface area contributed by atoms with E-state index in [2.05, 4.69) is 0 Å². The summed E-state index contributed by atoms with van der Waals surface area (Å²) in [6.07, 6.45) is -5.01. The number of ether oxygens (including phenoxy) is 2. The summed E-state index contributed by atoms with van der Waals surface area (Å²) in [5.74, 6) is 0.312. The van der Waals surface area contributed by atoms with Gasteiger partial charge in [0.15, 0.2) is 0 Å². The van der Waals surface area contributed by atoms with Crippen molar-refractivity contribution in [2.45, 2.75) is 31.5 Å². The lowest BCUT2D eigenvalue weighted by molar-refractivity contribution is -0.242. The van der Waals surface area contributed by atoms with Crippen LogP contribution in [0, 0.1) is 6.92 Å². The van der Waals surface area contributed by atoms with Crippen molar-refractivity contribution in [1.29, 1.82) is 0 Å². The fraction of sp³-hybridized carbons (Fsp3) is 0.400. The molecule has 22 heavy (non-hydrogen) atoms. The molecule has 7 nitrogen and oxygen atoms in total. The maximum Gasteiger partial charge on any atom is 0.339 e. The predicted octanol–water partition coefficient (Wildman–Crippen LogP) is -0.0808. The van der Waals surface area contributed by atoms with Gasteiger partial charge in [-0.15, -0.1) is 0 Å². The van der Waals surface area contributed by atoms with Crippen molar-refractivity contribution in [2.75, 3.05) is 6.61 Å². The molecule has 2 aromatic rings. The second kappa shape index (κ2) is 5.69. The molecule has 0 amide bonds. The minimum absolute atomic E-state index is 0.148. The molecule has 118 valence electrons. The van der Waals surface area contributed by atoms with Crippen LogP contribution in [0.4, 0.5) is 0 Å². The van der Waals surface area contributed by atoms with Gasteiger partial charge >= 0.3 is 5.63 Å². The third-order valence-corrected chi connectivity index (χ3v) is 3.59. The van der Waals surface area contributed by atoms with Crippen molar-refractivity contribution >= 4 is 11.0 Å². The van der Waals surface area contributed by atoms with Crippen LogP contribution in [-0.4, -0.2) is 46.5 Å². The molecular weight excluding hydrogens is 292 g/mol. The van der Waals surface area contributed by atoms with Crippen LogP contribution in [-0.2, 0) is 4.74 Å². The van der Waals surface area contributed by atoms with Gasteiger partial charge in [-0.05, 0) is 25.1 Å². The van der Waals surface area contributed by atoms with Crippen molar-refractivity contribution in [3.05, 3.63) is 40.2 Å². The average Bonchev–Trinajstić information content (AvgIpc) is 2.49. The number of hydrogen-bond acceptors (Lipinski definition) is 7. The molecular formula is C15H16O7. The first-order chi connectivity index (χ1) is 10.5. The molecule has 0 bridgehead atoms. The van der Waals surface area contributed by atoms with E-state index in [0.29, 0.717) is 16.9 Å². The number of benzene rings is 1. The molecule has 0 aliphatic carbocycles. The largest absolute Gasteiger partial charge is 0.462 e. The van der Waals surface area contributed by atoms with Crippen molar-refractivity contribution in [3.63, 3.8) is 0 Å². The molecule has 1 saturated heterocycles. The highest BCUT2D eigenvalue weighted by Gasteiger charge is 2.39. The number of aliphatic hydroxyl groups excluding tert-OH is 3. The van der Waals surface area contributed by atoms with E-state index in [9.17, 15) is 20.1 Å². The molecule has 1 aliphatic rings. The van der Waals surface area contributed by atoms with Gasteiger partial charge in [0.1, 0.15) is 29.6 Å². The smallest absolute Gasteiger partial charge is 0.339 e. The summed E-state index contributed by atoms with van der Waals surface area (Å²) >= 11 is 0. The molecule has 1 aromatic carbocycles. The molecule has 7 heteroatoms. The maximum atomic E-state index is 11.5. The first-order valence-electron chi connectivity index (χ1n) is 6.82. The van der Waals surface area contributed by atoms with Crippen LogP contribution in [0.5, 0.6) is 5.75 Å². The van der Waals surface area contributed by atoms with Gasteiger partial charge in [0.2, 0.25) is 6.29 Å². The summed E-state index contributed by atoms with van der Waals surface area (Å²) in [5, 5.41) is 29.6. The Hall–Kier alpha value is -1.93. The molecule has 3 N–H and O–H groups in total. The summed E-state index contributed by atoms with van der Waals surface area (Å²) in [6.45, 7) is 1.51. The van der Waals surface area contributed by atoms with E-state index in [1.807, 2.05) is 0 Å². The molecule has 1 aromatic heterocycles. The molecule has 4 atom stereocenters. The fourth-order valence-corrected chi connectivity index (χ4v) is 2.29. The molecule has 0 saturated carbocycles. The molecule has 1 aliphatic heterocycles. The van der Waals surface area contributed by atoms with Crippen molar-refractivity contribution < 1.29 is 29.2 Å². The first-order valence-corrected chi connectivity index (χ1v) is 6.82. The zero-order chi connectivity index (χ0) is 15.9. The normalized spacial score (nSPS) is 28.7. The number of rotatable bonds is 2. The summed E-state index contributed by atoms with van der Waals surface area (Å²) < 4.78 is 15.8. The molecule has 0 spiro atoms. The summed E-state index contributed by atoms with van der Waals surface area (Å²) in [4.78, 5) is 11.5. The highest BCUT2D eigenvalue weighted by Crippen LogP contribution is 2.24. The van der Waals surface area contributed by atoms with Crippen LogP contribution < -0.4 is 10.4 Å². The summed E-state index contributed by atoms with van der Waals surface area (Å²) in [6, 6.07) is 6.55. The number of hydrogen-bond donors (Lipinski definition) is 3. The third-order valence-electron chi connectivity index (χ3n) is 3.59. The van der Waals surface area contributed by atoms with E-state index >= 15 is 0 Å². The van der Waals surface area contributed by atoms with Crippen LogP contribution in [0.2, 0.25) is 0 Å². The predicted molar refractivity (Wildman–Crippen MR) is 75.6 cm³/mol. The third kappa shape index (κ3) is 2.71. The van der Waals surface area contributed by atoms with Crippen LogP contribution in [0.25, 0.3) is 11.0 Å². The van der Waals surface area contributed by atoms with Gasteiger partial charge in [0.05, 0.1) is 6.61 Å². The van der Waals surface area contributed by atoms with Gasteiger partial charge in [0.25, 0.3) is 0 Å². The Morgan fingerprint density at radius 3 is 2.73 bits per heavy atom. The zero-order valence-corrected chi connectivity index (χ0v) is 11.8. The summed E-state index contributed by atoms with van der Waals surface area (Å²) in [5.41, 5.74) is 0.417. The Bertz CT molecular complexity index is 738. The molecule has 0 radical (unpaired) electrons. The Kier molecular flexibility index (Phi) is 3.88. The highest BCUT2D eigenvalue weighted by atomic mass is 16.7. The van der Waals surface area contributed by atoms with Gasteiger partial charge in [-0.2, -0.15) is 0 Å². The Morgan fingerprint density at radius 2 is 1.95 bits per heavy atom. The lowest BCUT2D eigenvalue weighted by Crippen LogP contribution is -2.54. The van der Waals surface area contributed by atoms with E-state index in [-0.39, 0.29) is 6.61 Å². The van der Waals surface area contributed by atoms with Gasteiger partial charge in [-0.1, -0.05) is 0 Å². The highest BCUT2D eigenvalue weighted by molar-refractivity contribution is 5.78. The van der Waals surface area contributed by atoms with Crippen molar-refractivity contribution in [3.8, 4) is 5.75 Å². The van der Waals surface area contributed by atoms with E-state index in [4.69, 9.17) is 13.9 Å². The van der Waals surface area contributed by atoms with Gasteiger partial charge in [-0.3, -0.25) is 0 Å². The first kappa shape index (κ1) is 15.0. The van der Waals surface area contributed by atoms with Crippen LogP contribution in [0.15, 0.2) is 33.5 Å². The second-order valence-electron chi connectivity index (χ2n) is 5.28. The molecule has 3 rings (SSSR count). The molecule has 0 unspecified atom stereocenters. The van der Waals surface area contributed by atoms with Crippen molar-refractivity contribution in [1.82, 2.24) is 0 Å². The molecule has 1 fully saturated rings. The van der Waals surface area contributed by atoms with Gasteiger partial charge < -0.3 is 29.2 Å². The Morgan fingerprint density at radius 1 is 1.18 bits per heavy atom. The SMILES string of the molecule is Cc1cc2ccc(O[C@@H]3OC[C@H](O)[C@H](O)[C@H]3O)cc2oc1=O. The lowest BCUT2D eigenvalue weighted by Gasteiger charge is -2.34. The van der Waals surface area contributed by atoms with E-state index < -0.39 is 30.2 Å². The Labute approximate surface area is 125 Å². The topological polar surface area (TPSA) is 109 Å². The van der Waals surface area contributed by atoms with Gasteiger partial charge in [0, 0.05) is 17.0 Å². The van der Waals surface area contributed by atoms with Crippen molar-refractivity contribution in [2.24, 2.45) is 0 Å². The number of fused-ring (bicyclic) bond motifs is 1. The van der Waals surface area contributed by atoms with E-state index in [1.165, 1.54) is 6.07 Å². The van der Waals surface area contributed by atoms with Crippen LogP contribution in [0.1, 0.15) is 5.56 Å². The van der Waals surface area contributed by atoms with E-state index in [0.717, 1.165) is 5.39 Å². The zero-order valence-electron chi connectivity index (χ0n) is 11.8. The average molecular weight is 308 g/mol. The minimum atomic E-state index is -1.38. The van der Waals surface area contributed by atoms with Crippen LogP contribution >= 0.6 is 0 Å². The number of aliphatic hydroxyl groups is 3. The second-order valence-corrected chi connectivity index (χ2v) is 5.28. The quantitative estimate of drug-likeness (QED) is 0.666. The summed E-state index contributed by atoms with van der Waals surface area (Å²) in [7, 11) is 0. The fourth-order valence-electron chi connectivity index (χ4n) is 2.29. The monoisotopic (exact) mass is 308 g/mol.